The van der Waals surface area contributed by atoms with Crippen LogP contribution in [0.15, 0.2) is 0 Å². The number of carbonyl (C=O) groups excluding carboxylic acids is 1. The summed E-state index contributed by atoms with van der Waals surface area (Å²) in [5, 5.41) is 7.59. The van der Waals surface area contributed by atoms with Gasteiger partial charge in [0.05, 0.1) is 11.7 Å². The predicted molar refractivity (Wildman–Crippen MR) is 70.5 cm³/mol. The number of hydrogen-bond donors (Lipinski definition) is 1. The van der Waals surface area contributed by atoms with Gasteiger partial charge in [-0.05, 0) is 26.2 Å². The molecule has 110 valence electrons. The molecule has 1 aliphatic rings. The van der Waals surface area contributed by atoms with Crippen LogP contribution in [-0.4, -0.2) is 54.4 Å². The van der Waals surface area contributed by atoms with Gasteiger partial charge in [0, 0.05) is 13.1 Å². The molecule has 0 aromatic heterocycles. The summed E-state index contributed by atoms with van der Waals surface area (Å²) in [7, 11) is -3.73. The van der Waals surface area contributed by atoms with Crippen LogP contribution in [0, 0.1) is 5.92 Å². The van der Waals surface area contributed by atoms with Crippen molar-refractivity contribution < 1.29 is 23.1 Å². The van der Waals surface area contributed by atoms with E-state index in [1.165, 1.54) is 13.8 Å². The van der Waals surface area contributed by atoms with E-state index in [0.717, 1.165) is 19.3 Å². The fourth-order valence-electron chi connectivity index (χ4n) is 2.09. The van der Waals surface area contributed by atoms with Gasteiger partial charge in [-0.3, -0.25) is 9.59 Å². The molecule has 2 atom stereocenters. The standard InChI is InChI=1S/C12H21NO5S/c1-9(12(15)16)8-19(17,18)10(2)11(14)13-6-4-3-5-7-13/h9-10H,3-8H2,1-2H3,(H,15,16). The molecule has 1 N–H and O–H groups in total. The third-order valence-electron chi connectivity index (χ3n) is 3.46. The lowest BCUT2D eigenvalue weighted by Gasteiger charge is -2.29. The lowest BCUT2D eigenvalue weighted by Crippen LogP contribution is -2.45. The Bertz CT molecular complexity index is 439. The molecule has 1 heterocycles. The summed E-state index contributed by atoms with van der Waals surface area (Å²) in [4.78, 5) is 24.4. The van der Waals surface area contributed by atoms with Crippen LogP contribution in [0.4, 0.5) is 0 Å². The predicted octanol–water partition coefficient (Wildman–Crippen LogP) is 0.523. The minimum atomic E-state index is -3.73. The van der Waals surface area contributed by atoms with Gasteiger partial charge in [0.1, 0.15) is 5.25 Å². The van der Waals surface area contributed by atoms with Gasteiger partial charge in [0.2, 0.25) is 5.91 Å². The van der Waals surface area contributed by atoms with Crippen LogP contribution in [0.2, 0.25) is 0 Å². The van der Waals surface area contributed by atoms with Gasteiger partial charge in [-0.2, -0.15) is 0 Å². The highest BCUT2D eigenvalue weighted by atomic mass is 32.2. The first-order chi connectivity index (χ1) is 8.75. The van der Waals surface area contributed by atoms with Crippen LogP contribution in [0.25, 0.3) is 0 Å². The average molecular weight is 291 g/mol. The van der Waals surface area contributed by atoms with Crippen molar-refractivity contribution in [3.8, 4) is 0 Å². The second kappa shape index (κ2) is 6.36. The Morgan fingerprint density at radius 3 is 2.16 bits per heavy atom. The van der Waals surface area contributed by atoms with Gasteiger partial charge < -0.3 is 10.0 Å². The molecule has 0 bridgehead atoms. The molecule has 0 saturated carbocycles. The maximum atomic E-state index is 12.1. The van der Waals surface area contributed by atoms with Crippen LogP contribution in [-0.2, 0) is 19.4 Å². The molecule has 1 amide bonds. The Morgan fingerprint density at radius 2 is 1.68 bits per heavy atom. The molecule has 1 aliphatic heterocycles. The van der Waals surface area contributed by atoms with Gasteiger partial charge in [-0.1, -0.05) is 6.92 Å². The van der Waals surface area contributed by atoms with Crippen molar-refractivity contribution in [2.24, 2.45) is 5.92 Å². The highest BCUT2D eigenvalue weighted by Crippen LogP contribution is 2.15. The number of rotatable bonds is 5. The van der Waals surface area contributed by atoms with Gasteiger partial charge in [0.15, 0.2) is 9.84 Å². The van der Waals surface area contributed by atoms with E-state index < -0.39 is 38.6 Å². The smallest absolute Gasteiger partial charge is 0.307 e. The van der Waals surface area contributed by atoms with Crippen LogP contribution in [0.5, 0.6) is 0 Å². The summed E-state index contributed by atoms with van der Waals surface area (Å²) in [5.41, 5.74) is 0. The van der Waals surface area contributed by atoms with E-state index in [1.54, 1.807) is 4.90 Å². The Labute approximate surface area is 113 Å². The molecular weight excluding hydrogens is 270 g/mol. The first-order valence-electron chi connectivity index (χ1n) is 6.49. The van der Waals surface area contributed by atoms with Gasteiger partial charge in [-0.25, -0.2) is 8.42 Å². The quantitative estimate of drug-likeness (QED) is 0.797. The number of piperidine rings is 1. The number of hydrogen-bond acceptors (Lipinski definition) is 4. The van der Waals surface area contributed by atoms with Crippen molar-refractivity contribution in [1.82, 2.24) is 4.90 Å². The van der Waals surface area contributed by atoms with E-state index >= 15 is 0 Å². The molecule has 1 rings (SSSR count). The Morgan fingerprint density at radius 1 is 1.16 bits per heavy atom. The largest absolute Gasteiger partial charge is 0.481 e. The third-order valence-corrected chi connectivity index (χ3v) is 5.70. The van der Waals surface area contributed by atoms with Crippen LogP contribution in [0.1, 0.15) is 33.1 Å². The van der Waals surface area contributed by atoms with Gasteiger partial charge >= 0.3 is 5.97 Å². The van der Waals surface area contributed by atoms with Crippen molar-refractivity contribution >= 4 is 21.7 Å². The third kappa shape index (κ3) is 4.19. The zero-order chi connectivity index (χ0) is 14.6. The number of likely N-dealkylation sites (tertiary alicyclic amines) is 1. The number of carboxylic acid groups (broad SMARTS) is 1. The fraction of sp³-hybridized carbons (Fsp3) is 0.833. The Kier molecular flexibility index (Phi) is 5.34. The molecule has 2 unspecified atom stereocenters. The zero-order valence-corrected chi connectivity index (χ0v) is 12.1. The first-order valence-corrected chi connectivity index (χ1v) is 8.20. The topological polar surface area (TPSA) is 91.8 Å². The number of amides is 1. The highest BCUT2D eigenvalue weighted by Gasteiger charge is 2.34. The van der Waals surface area contributed by atoms with E-state index in [0.29, 0.717) is 13.1 Å². The SMILES string of the molecule is CC(CS(=O)(=O)C(C)C(=O)N1CCCCC1)C(=O)O. The fourth-order valence-corrected chi connectivity index (χ4v) is 3.67. The van der Waals surface area contributed by atoms with Gasteiger partial charge in [0.25, 0.3) is 0 Å². The first kappa shape index (κ1) is 15.9. The second-order valence-corrected chi connectivity index (χ2v) is 7.46. The van der Waals surface area contributed by atoms with Crippen LogP contribution in [0.3, 0.4) is 0 Å². The van der Waals surface area contributed by atoms with E-state index in [-0.39, 0.29) is 0 Å². The van der Waals surface area contributed by atoms with E-state index in [9.17, 15) is 18.0 Å². The van der Waals surface area contributed by atoms with Gasteiger partial charge in [-0.15, -0.1) is 0 Å². The molecule has 1 fully saturated rings. The number of aliphatic carboxylic acids is 1. The molecule has 0 spiro atoms. The summed E-state index contributed by atoms with van der Waals surface area (Å²) < 4.78 is 24.0. The maximum Gasteiger partial charge on any atom is 0.307 e. The molecule has 0 aromatic rings. The van der Waals surface area contributed by atoms with Crippen LogP contribution < -0.4 is 0 Å². The monoisotopic (exact) mass is 291 g/mol. The maximum absolute atomic E-state index is 12.1. The normalized spacial score (nSPS) is 19.8. The van der Waals surface area contributed by atoms with Crippen molar-refractivity contribution in [3.63, 3.8) is 0 Å². The van der Waals surface area contributed by atoms with Crippen LogP contribution >= 0.6 is 0 Å². The summed E-state index contributed by atoms with van der Waals surface area (Å²) in [5.74, 6) is -3.07. The molecule has 0 aliphatic carbocycles. The minimum Gasteiger partial charge on any atom is -0.481 e. The number of nitrogens with zero attached hydrogens (tertiary/aromatic N) is 1. The summed E-state index contributed by atoms with van der Waals surface area (Å²) >= 11 is 0. The van der Waals surface area contributed by atoms with E-state index in [2.05, 4.69) is 0 Å². The number of carbonyl (C=O) groups is 2. The second-order valence-electron chi connectivity index (χ2n) is 5.10. The molecule has 1 saturated heterocycles. The Hall–Kier alpha value is -1.11. The van der Waals surface area contributed by atoms with E-state index in [4.69, 9.17) is 5.11 Å². The molecule has 6 nitrogen and oxygen atoms in total. The molecular formula is C12H21NO5S. The average Bonchev–Trinajstić information content (AvgIpc) is 2.37. The summed E-state index contributed by atoms with van der Waals surface area (Å²) in [6.07, 6.45) is 2.84. The van der Waals surface area contributed by atoms with Crippen molar-refractivity contribution in [1.29, 1.82) is 0 Å². The Balaban J connectivity index is 2.71. The number of sulfone groups is 1. The summed E-state index contributed by atoms with van der Waals surface area (Å²) in [6, 6.07) is 0. The molecule has 0 aromatic carbocycles. The van der Waals surface area contributed by atoms with E-state index in [1.807, 2.05) is 0 Å². The lowest BCUT2D eigenvalue weighted by molar-refractivity contribution is -0.140. The molecule has 0 radical (unpaired) electrons. The zero-order valence-electron chi connectivity index (χ0n) is 11.3. The minimum absolute atomic E-state index is 0.405. The molecule has 7 heteroatoms. The van der Waals surface area contributed by atoms with Crippen molar-refractivity contribution in [2.75, 3.05) is 18.8 Å². The highest BCUT2D eigenvalue weighted by molar-refractivity contribution is 7.92. The van der Waals surface area contributed by atoms with Crippen molar-refractivity contribution in [2.45, 2.75) is 38.4 Å². The lowest BCUT2D eigenvalue weighted by atomic mass is 10.1. The number of carboxylic acids is 1. The summed E-state index contributed by atoms with van der Waals surface area (Å²) in [6.45, 7) is 3.86. The van der Waals surface area contributed by atoms with Crippen molar-refractivity contribution in [3.05, 3.63) is 0 Å². The molecule has 19 heavy (non-hydrogen) atoms.